The molecule has 0 atom stereocenters. The van der Waals surface area contributed by atoms with Crippen molar-refractivity contribution < 1.29 is 14.3 Å². The van der Waals surface area contributed by atoms with Crippen LogP contribution in [-0.2, 0) is 11.2 Å². The molecule has 0 unspecified atom stereocenters. The Bertz CT molecular complexity index is 312. The number of aliphatic carboxylic acids is 1. The summed E-state index contributed by atoms with van der Waals surface area (Å²) in [5, 5.41) is 8.39. The average molecular weight is 169 g/mol. The van der Waals surface area contributed by atoms with Gasteiger partial charge in [0.1, 0.15) is 5.82 Å². The highest BCUT2D eigenvalue weighted by molar-refractivity contribution is 5.69. The van der Waals surface area contributed by atoms with Gasteiger partial charge in [0.05, 0.1) is 17.8 Å². The number of carbonyl (C=O) groups is 1. The van der Waals surface area contributed by atoms with Crippen molar-refractivity contribution in [3.8, 4) is 0 Å². The van der Waals surface area contributed by atoms with E-state index in [0.717, 1.165) is 0 Å². The van der Waals surface area contributed by atoms with Crippen LogP contribution in [0.15, 0.2) is 12.1 Å². The summed E-state index contributed by atoms with van der Waals surface area (Å²) in [6, 6.07) is 2.59. The van der Waals surface area contributed by atoms with Crippen molar-refractivity contribution in [3.63, 3.8) is 0 Å². The normalized spacial score (nSPS) is 9.83. The monoisotopic (exact) mass is 169 g/mol. The van der Waals surface area contributed by atoms with E-state index in [1.807, 2.05) is 0 Å². The minimum atomic E-state index is -0.964. The van der Waals surface area contributed by atoms with Gasteiger partial charge < -0.3 is 5.11 Å². The maximum atomic E-state index is 12.6. The van der Waals surface area contributed by atoms with Gasteiger partial charge in [0, 0.05) is 0 Å². The molecule has 1 rings (SSSR count). The number of rotatable bonds is 2. The highest BCUT2D eigenvalue weighted by Gasteiger charge is 2.04. The Balaban J connectivity index is 2.89. The second-order valence-corrected chi connectivity index (χ2v) is 2.44. The lowest BCUT2D eigenvalue weighted by molar-refractivity contribution is -0.136. The molecule has 1 N–H and O–H groups in total. The molecule has 0 aliphatic carbocycles. The zero-order chi connectivity index (χ0) is 9.14. The molecule has 4 heteroatoms. The molecule has 1 heterocycles. The summed E-state index contributed by atoms with van der Waals surface area (Å²) in [5.41, 5.74) is 0.607. The third-order valence-electron chi connectivity index (χ3n) is 1.41. The number of hydrogen-bond donors (Lipinski definition) is 1. The summed E-state index contributed by atoms with van der Waals surface area (Å²) in [6.45, 7) is 1.50. The first-order chi connectivity index (χ1) is 5.59. The fourth-order valence-electron chi connectivity index (χ4n) is 0.849. The van der Waals surface area contributed by atoms with Crippen LogP contribution in [0.5, 0.6) is 0 Å². The zero-order valence-electron chi connectivity index (χ0n) is 6.54. The van der Waals surface area contributed by atoms with Crippen LogP contribution in [0, 0.1) is 12.7 Å². The van der Waals surface area contributed by atoms with Gasteiger partial charge in [-0.1, -0.05) is 0 Å². The third-order valence-corrected chi connectivity index (χ3v) is 1.41. The van der Waals surface area contributed by atoms with E-state index in [4.69, 9.17) is 5.11 Å². The van der Waals surface area contributed by atoms with Crippen molar-refractivity contribution >= 4 is 5.97 Å². The highest BCUT2D eigenvalue weighted by Crippen LogP contribution is 2.04. The van der Waals surface area contributed by atoms with Gasteiger partial charge in [-0.15, -0.1) is 0 Å². The van der Waals surface area contributed by atoms with Crippen LogP contribution in [-0.4, -0.2) is 16.1 Å². The van der Waals surface area contributed by atoms with Gasteiger partial charge in [0.2, 0.25) is 0 Å². The van der Waals surface area contributed by atoms with E-state index in [-0.39, 0.29) is 12.1 Å². The SMILES string of the molecule is Cc1nc(CC(=O)O)ccc1F. The van der Waals surface area contributed by atoms with E-state index in [0.29, 0.717) is 5.69 Å². The predicted octanol–water partition coefficient (Wildman–Crippen LogP) is 1.16. The van der Waals surface area contributed by atoms with Gasteiger partial charge in [-0.25, -0.2) is 4.39 Å². The number of aromatic nitrogens is 1. The van der Waals surface area contributed by atoms with Gasteiger partial charge in [-0.3, -0.25) is 9.78 Å². The molecule has 0 aliphatic rings. The Morgan fingerprint density at radius 1 is 1.67 bits per heavy atom. The summed E-state index contributed by atoms with van der Waals surface area (Å²) < 4.78 is 12.6. The maximum Gasteiger partial charge on any atom is 0.309 e. The van der Waals surface area contributed by atoms with Gasteiger partial charge >= 0.3 is 5.97 Å². The number of nitrogens with zero attached hydrogens (tertiary/aromatic N) is 1. The van der Waals surface area contributed by atoms with Crippen LogP contribution >= 0.6 is 0 Å². The highest BCUT2D eigenvalue weighted by atomic mass is 19.1. The number of aryl methyl sites for hydroxylation is 1. The fraction of sp³-hybridized carbons (Fsp3) is 0.250. The largest absolute Gasteiger partial charge is 0.481 e. The molecule has 64 valence electrons. The third kappa shape index (κ3) is 2.02. The van der Waals surface area contributed by atoms with Crippen molar-refractivity contribution in [2.24, 2.45) is 0 Å². The Hall–Kier alpha value is -1.45. The van der Waals surface area contributed by atoms with Gasteiger partial charge in [-0.05, 0) is 19.1 Å². The minimum Gasteiger partial charge on any atom is -0.481 e. The fourth-order valence-corrected chi connectivity index (χ4v) is 0.849. The Morgan fingerprint density at radius 3 is 2.83 bits per heavy atom. The van der Waals surface area contributed by atoms with Crippen LogP contribution in [0.2, 0.25) is 0 Å². The van der Waals surface area contributed by atoms with Gasteiger partial charge in [0.25, 0.3) is 0 Å². The van der Waals surface area contributed by atoms with E-state index >= 15 is 0 Å². The zero-order valence-corrected chi connectivity index (χ0v) is 6.54. The van der Waals surface area contributed by atoms with E-state index in [9.17, 15) is 9.18 Å². The molecule has 0 fully saturated rings. The van der Waals surface area contributed by atoms with Crippen LogP contribution in [0.25, 0.3) is 0 Å². The Labute approximate surface area is 68.9 Å². The molecule has 0 saturated heterocycles. The molecule has 0 radical (unpaired) electrons. The lowest BCUT2D eigenvalue weighted by atomic mass is 10.2. The van der Waals surface area contributed by atoms with Crippen molar-refractivity contribution in [1.82, 2.24) is 4.98 Å². The number of hydrogen-bond acceptors (Lipinski definition) is 2. The number of carboxylic acids is 1. The molecule has 0 spiro atoms. The van der Waals surface area contributed by atoms with E-state index < -0.39 is 11.8 Å². The molecule has 0 saturated carbocycles. The summed E-state index contributed by atoms with van der Waals surface area (Å²) in [7, 11) is 0. The first-order valence-corrected chi connectivity index (χ1v) is 3.43. The molecule has 1 aromatic rings. The van der Waals surface area contributed by atoms with Gasteiger partial charge in [-0.2, -0.15) is 0 Å². The molecule has 0 aromatic carbocycles. The first kappa shape index (κ1) is 8.64. The smallest absolute Gasteiger partial charge is 0.309 e. The molecule has 0 aliphatic heterocycles. The maximum absolute atomic E-state index is 12.6. The van der Waals surface area contributed by atoms with E-state index in [1.54, 1.807) is 0 Å². The number of carboxylic acid groups (broad SMARTS) is 1. The molecule has 0 amide bonds. The van der Waals surface area contributed by atoms with Gasteiger partial charge in [0.15, 0.2) is 0 Å². The standard InChI is InChI=1S/C8H8FNO2/c1-5-7(9)3-2-6(10-5)4-8(11)12/h2-3H,4H2,1H3,(H,11,12). The summed E-state index contributed by atoms with van der Waals surface area (Å²) in [6.07, 6.45) is -0.166. The van der Waals surface area contributed by atoms with Crippen LogP contribution in [0.1, 0.15) is 11.4 Å². The quantitative estimate of drug-likeness (QED) is 0.722. The first-order valence-electron chi connectivity index (χ1n) is 3.43. The second kappa shape index (κ2) is 3.30. The van der Waals surface area contributed by atoms with Crippen molar-refractivity contribution in [1.29, 1.82) is 0 Å². The second-order valence-electron chi connectivity index (χ2n) is 2.44. The number of pyridine rings is 1. The van der Waals surface area contributed by atoms with Crippen LogP contribution in [0.3, 0.4) is 0 Å². The van der Waals surface area contributed by atoms with Crippen LogP contribution in [0.4, 0.5) is 4.39 Å². The van der Waals surface area contributed by atoms with E-state index in [2.05, 4.69) is 4.98 Å². The van der Waals surface area contributed by atoms with Crippen LogP contribution < -0.4 is 0 Å². The molecule has 0 bridgehead atoms. The van der Waals surface area contributed by atoms with Crippen molar-refractivity contribution in [2.75, 3.05) is 0 Å². The topological polar surface area (TPSA) is 50.2 Å². The van der Waals surface area contributed by atoms with Crippen molar-refractivity contribution in [3.05, 3.63) is 29.3 Å². The summed E-state index contributed by atoms with van der Waals surface area (Å²) in [4.78, 5) is 14.0. The lowest BCUT2D eigenvalue weighted by Gasteiger charge is -1.98. The minimum absolute atomic E-state index is 0.166. The Morgan fingerprint density at radius 2 is 2.33 bits per heavy atom. The van der Waals surface area contributed by atoms with E-state index in [1.165, 1.54) is 19.1 Å². The summed E-state index contributed by atoms with van der Waals surface area (Å²) >= 11 is 0. The molecule has 12 heavy (non-hydrogen) atoms. The molecule has 3 nitrogen and oxygen atoms in total. The molecular weight excluding hydrogens is 161 g/mol. The Kier molecular flexibility index (Phi) is 2.38. The number of halogens is 1. The summed E-state index contributed by atoms with van der Waals surface area (Å²) in [5.74, 6) is -1.38. The molecule has 1 aromatic heterocycles. The average Bonchev–Trinajstić information content (AvgIpc) is 1.96. The predicted molar refractivity (Wildman–Crippen MR) is 40.3 cm³/mol. The lowest BCUT2D eigenvalue weighted by Crippen LogP contribution is -2.03. The molecular formula is C8H8FNO2. The van der Waals surface area contributed by atoms with Crippen molar-refractivity contribution in [2.45, 2.75) is 13.3 Å².